The molecule has 0 amide bonds. The van der Waals surface area contributed by atoms with Gasteiger partial charge in [0, 0.05) is 29.9 Å². The van der Waals surface area contributed by atoms with Gasteiger partial charge in [-0.25, -0.2) is 8.78 Å². The number of anilines is 1. The Morgan fingerprint density at radius 2 is 2.17 bits per heavy atom. The predicted molar refractivity (Wildman–Crippen MR) is 63.9 cm³/mol. The number of nitrogens with one attached hydrogen (secondary N) is 1. The third-order valence-corrected chi connectivity index (χ3v) is 3.05. The van der Waals surface area contributed by atoms with Gasteiger partial charge in [-0.1, -0.05) is 12.8 Å². The van der Waals surface area contributed by atoms with Crippen LogP contribution in [-0.4, -0.2) is 11.5 Å². The number of rotatable bonds is 6. The largest absolute Gasteiger partial charge is 0.385 e. The average molecular weight is 256 g/mol. The molecule has 1 saturated carbocycles. The Hall–Kier alpha value is -1.72. The molecule has 0 heterocycles. The van der Waals surface area contributed by atoms with E-state index in [1.54, 1.807) is 0 Å². The second-order valence-electron chi connectivity index (χ2n) is 4.49. The number of alkyl halides is 2. The van der Waals surface area contributed by atoms with E-state index in [4.69, 9.17) is 0 Å². The van der Waals surface area contributed by atoms with Gasteiger partial charge in [0.05, 0.1) is 4.92 Å². The van der Waals surface area contributed by atoms with Crippen molar-refractivity contribution < 1.29 is 13.7 Å². The molecule has 1 aromatic rings. The number of nitro benzene ring substituents is 1. The maximum atomic E-state index is 12.8. The molecule has 0 atom stereocenters. The molecule has 0 aliphatic heterocycles. The second kappa shape index (κ2) is 5.29. The highest BCUT2D eigenvalue weighted by Gasteiger charge is 2.21. The highest BCUT2D eigenvalue weighted by Crippen LogP contribution is 2.33. The molecule has 0 radical (unpaired) electrons. The molecule has 0 aromatic heterocycles. The maximum absolute atomic E-state index is 12.8. The molecule has 0 saturated heterocycles. The fraction of sp³-hybridized carbons (Fsp3) is 0.500. The molecule has 1 aliphatic carbocycles. The van der Waals surface area contributed by atoms with Gasteiger partial charge in [0.1, 0.15) is 0 Å². The molecule has 18 heavy (non-hydrogen) atoms. The lowest BCUT2D eigenvalue weighted by Crippen LogP contribution is -2.05. The molecule has 98 valence electrons. The Balaban J connectivity index is 2.08. The van der Waals surface area contributed by atoms with E-state index >= 15 is 0 Å². The molecule has 0 spiro atoms. The third kappa shape index (κ3) is 3.15. The first-order chi connectivity index (χ1) is 8.58. The summed E-state index contributed by atoms with van der Waals surface area (Å²) in [4.78, 5) is 9.87. The van der Waals surface area contributed by atoms with E-state index in [9.17, 15) is 18.9 Å². The fourth-order valence-electron chi connectivity index (χ4n) is 1.82. The first-order valence-electron chi connectivity index (χ1n) is 5.88. The highest BCUT2D eigenvalue weighted by molar-refractivity contribution is 5.56. The van der Waals surface area contributed by atoms with Crippen LogP contribution in [0.3, 0.4) is 0 Å². The van der Waals surface area contributed by atoms with Gasteiger partial charge in [-0.15, -0.1) is 0 Å². The smallest absolute Gasteiger partial charge is 0.270 e. The lowest BCUT2D eigenvalue weighted by Gasteiger charge is -2.11. The summed E-state index contributed by atoms with van der Waals surface area (Å²) < 4.78 is 25.6. The summed E-state index contributed by atoms with van der Waals surface area (Å²) in [7, 11) is 0. The average Bonchev–Trinajstić information content (AvgIpc) is 3.13. The number of hydrogen-bond donors (Lipinski definition) is 1. The normalized spacial score (nSPS) is 14.8. The van der Waals surface area contributed by atoms with Crippen LogP contribution in [0, 0.1) is 16.0 Å². The van der Waals surface area contributed by atoms with Crippen molar-refractivity contribution in [1.82, 2.24) is 0 Å². The first-order valence-corrected chi connectivity index (χ1v) is 5.88. The van der Waals surface area contributed by atoms with E-state index in [0.717, 1.165) is 12.5 Å². The zero-order chi connectivity index (χ0) is 13.1. The van der Waals surface area contributed by atoms with Crippen molar-refractivity contribution >= 4 is 11.4 Å². The molecular weight excluding hydrogens is 242 g/mol. The Labute approximate surface area is 103 Å². The molecule has 4 nitrogen and oxygen atoms in total. The number of non-ortho nitro benzene ring substituents is 1. The van der Waals surface area contributed by atoms with Crippen molar-refractivity contribution in [3.05, 3.63) is 33.9 Å². The Bertz CT molecular complexity index is 448. The lowest BCUT2D eigenvalue weighted by atomic mass is 10.1. The van der Waals surface area contributed by atoms with E-state index in [2.05, 4.69) is 5.32 Å². The summed E-state index contributed by atoms with van der Waals surface area (Å²) in [6.07, 6.45) is 0.667. The minimum absolute atomic E-state index is 0.288. The summed E-state index contributed by atoms with van der Waals surface area (Å²) in [6.45, 7) is 0.627. The minimum Gasteiger partial charge on any atom is -0.385 e. The molecule has 6 heteroatoms. The second-order valence-corrected chi connectivity index (χ2v) is 4.49. The SMILES string of the molecule is O=[N+]([O-])c1ccc(NCCC2CC2)c(C(F)F)c1. The Morgan fingerprint density at radius 3 is 2.72 bits per heavy atom. The molecule has 1 N–H and O–H groups in total. The molecule has 2 rings (SSSR count). The van der Waals surface area contributed by atoms with E-state index in [-0.39, 0.29) is 16.9 Å². The van der Waals surface area contributed by atoms with Gasteiger partial charge in [-0.05, 0) is 18.4 Å². The summed E-state index contributed by atoms with van der Waals surface area (Å²) in [5.74, 6) is 0.713. The van der Waals surface area contributed by atoms with Gasteiger partial charge in [-0.2, -0.15) is 0 Å². The number of benzene rings is 1. The van der Waals surface area contributed by atoms with Crippen molar-refractivity contribution in [3.8, 4) is 0 Å². The highest BCUT2D eigenvalue weighted by atomic mass is 19.3. The predicted octanol–water partition coefficient (Wildman–Crippen LogP) is 3.74. The van der Waals surface area contributed by atoms with E-state index < -0.39 is 11.3 Å². The van der Waals surface area contributed by atoms with Crippen LogP contribution in [-0.2, 0) is 0 Å². The van der Waals surface area contributed by atoms with E-state index in [0.29, 0.717) is 12.5 Å². The van der Waals surface area contributed by atoms with Crippen LogP contribution in [0.5, 0.6) is 0 Å². The van der Waals surface area contributed by atoms with Gasteiger partial charge in [0.15, 0.2) is 0 Å². The number of nitrogens with zero attached hydrogens (tertiary/aromatic N) is 1. The zero-order valence-electron chi connectivity index (χ0n) is 9.73. The van der Waals surface area contributed by atoms with Crippen molar-refractivity contribution in [2.45, 2.75) is 25.7 Å². The minimum atomic E-state index is -2.71. The topological polar surface area (TPSA) is 55.2 Å². The third-order valence-electron chi connectivity index (χ3n) is 3.05. The van der Waals surface area contributed by atoms with Crippen LogP contribution in [0.1, 0.15) is 31.3 Å². The van der Waals surface area contributed by atoms with Crippen molar-refractivity contribution in [1.29, 1.82) is 0 Å². The molecule has 0 bridgehead atoms. The summed E-state index contributed by atoms with van der Waals surface area (Å²) >= 11 is 0. The fourth-order valence-corrected chi connectivity index (χ4v) is 1.82. The molecule has 0 unspecified atom stereocenters. The maximum Gasteiger partial charge on any atom is 0.270 e. The molecule has 1 aromatic carbocycles. The van der Waals surface area contributed by atoms with E-state index in [1.807, 2.05) is 0 Å². The Kier molecular flexibility index (Phi) is 3.74. The standard InChI is InChI=1S/C12H14F2N2O2/c13-12(14)10-7-9(16(17)18)3-4-11(10)15-6-5-8-1-2-8/h3-4,7-8,12,15H,1-2,5-6H2. The van der Waals surface area contributed by atoms with Gasteiger partial charge in [0.25, 0.3) is 12.1 Å². The van der Waals surface area contributed by atoms with Gasteiger partial charge in [-0.3, -0.25) is 10.1 Å². The van der Waals surface area contributed by atoms with E-state index in [1.165, 1.54) is 25.0 Å². The van der Waals surface area contributed by atoms with Crippen molar-refractivity contribution in [2.75, 3.05) is 11.9 Å². The monoisotopic (exact) mass is 256 g/mol. The van der Waals surface area contributed by atoms with Crippen LogP contribution in [0.15, 0.2) is 18.2 Å². The summed E-state index contributed by atoms with van der Waals surface area (Å²) in [5.41, 5.74) is -0.325. The summed E-state index contributed by atoms with van der Waals surface area (Å²) in [5, 5.41) is 13.5. The van der Waals surface area contributed by atoms with Crippen LogP contribution in [0.25, 0.3) is 0 Å². The quantitative estimate of drug-likeness (QED) is 0.623. The lowest BCUT2D eigenvalue weighted by molar-refractivity contribution is -0.385. The van der Waals surface area contributed by atoms with Crippen LogP contribution >= 0.6 is 0 Å². The van der Waals surface area contributed by atoms with Crippen LogP contribution < -0.4 is 5.32 Å². The molecular formula is C12H14F2N2O2. The first kappa shape index (κ1) is 12.7. The van der Waals surface area contributed by atoms with Crippen LogP contribution in [0.4, 0.5) is 20.2 Å². The van der Waals surface area contributed by atoms with Gasteiger partial charge >= 0.3 is 0 Å². The van der Waals surface area contributed by atoms with Gasteiger partial charge in [0.2, 0.25) is 0 Å². The van der Waals surface area contributed by atoms with Crippen molar-refractivity contribution in [2.24, 2.45) is 5.92 Å². The van der Waals surface area contributed by atoms with Gasteiger partial charge < -0.3 is 5.32 Å². The number of nitro groups is 1. The van der Waals surface area contributed by atoms with Crippen LogP contribution in [0.2, 0.25) is 0 Å². The molecule has 1 fully saturated rings. The Morgan fingerprint density at radius 1 is 1.44 bits per heavy atom. The molecule has 1 aliphatic rings. The zero-order valence-corrected chi connectivity index (χ0v) is 9.73. The number of halogens is 2. The number of hydrogen-bond acceptors (Lipinski definition) is 3. The van der Waals surface area contributed by atoms with Crippen molar-refractivity contribution in [3.63, 3.8) is 0 Å². The summed E-state index contributed by atoms with van der Waals surface area (Å²) in [6, 6.07) is 3.53.